The maximum absolute atomic E-state index is 12.3. The fraction of sp³-hybridized carbons (Fsp3) is 0.909. The fourth-order valence-electron chi connectivity index (χ4n) is 2.50. The lowest BCUT2D eigenvalue weighted by molar-refractivity contribution is -0.134. The van der Waals surface area contributed by atoms with Crippen molar-refractivity contribution in [2.45, 2.75) is 37.5 Å². The van der Waals surface area contributed by atoms with E-state index in [1.807, 2.05) is 6.92 Å². The molecule has 17 heavy (non-hydrogen) atoms. The number of nitrogens with zero attached hydrogens (tertiary/aromatic N) is 1. The normalized spacial score (nSPS) is 28.4. The van der Waals surface area contributed by atoms with Gasteiger partial charge in [-0.1, -0.05) is 6.42 Å². The van der Waals surface area contributed by atoms with Crippen molar-refractivity contribution in [3.8, 4) is 0 Å². The molecule has 0 bridgehead atoms. The highest BCUT2D eigenvalue weighted by molar-refractivity contribution is 7.92. The summed E-state index contributed by atoms with van der Waals surface area (Å²) in [5.74, 6) is -0.0112. The number of hydrogen-bond acceptors (Lipinski definition) is 4. The van der Waals surface area contributed by atoms with Gasteiger partial charge in [0.15, 0.2) is 9.84 Å². The Kier molecular flexibility index (Phi) is 3.73. The lowest BCUT2D eigenvalue weighted by Gasteiger charge is -2.39. The molecule has 0 saturated carbocycles. The molecule has 2 fully saturated rings. The zero-order valence-corrected chi connectivity index (χ0v) is 11.0. The Morgan fingerprint density at radius 2 is 2.06 bits per heavy atom. The fourth-order valence-corrected chi connectivity index (χ4v) is 4.36. The summed E-state index contributed by atoms with van der Waals surface area (Å²) in [4.78, 5) is 14.0. The molecule has 1 N–H and O–H groups in total. The molecule has 1 amide bonds. The van der Waals surface area contributed by atoms with Crippen LogP contribution in [0.1, 0.15) is 26.2 Å². The van der Waals surface area contributed by atoms with Crippen molar-refractivity contribution >= 4 is 15.7 Å². The van der Waals surface area contributed by atoms with Crippen LogP contribution in [0.2, 0.25) is 0 Å². The summed E-state index contributed by atoms with van der Waals surface area (Å²) in [6.07, 6.45) is 2.04. The van der Waals surface area contributed by atoms with Gasteiger partial charge in [0, 0.05) is 19.6 Å². The molecule has 0 aliphatic carbocycles. The number of rotatable bonds is 3. The summed E-state index contributed by atoms with van der Waals surface area (Å²) >= 11 is 0. The van der Waals surface area contributed by atoms with Crippen molar-refractivity contribution in [3.05, 3.63) is 0 Å². The number of likely N-dealkylation sites (N-methyl/N-ethyl adjacent to an activating group) is 1. The summed E-state index contributed by atoms with van der Waals surface area (Å²) < 4.78 is 23.8. The molecule has 1 atom stereocenters. The number of nitrogens with one attached hydrogen (secondary N) is 1. The van der Waals surface area contributed by atoms with Crippen LogP contribution in [0.5, 0.6) is 0 Å². The van der Waals surface area contributed by atoms with Gasteiger partial charge in [0.25, 0.3) is 0 Å². The van der Waals surface area contributed by atoms with Crippen molar-refractivity contribution in [2.75, 3.05) is 25.4 Å². The monoisotopic (exact) mass is 260 g/mol. The van der Waals surface area contributed by atoms with Gasteiger partial charge in [-0.25, -0.2) is 8.42 Å². The predicted molar refractivity (Wildman–Crippen MR) is 65.5 cm³/mol. The minimum Gasteiger partial charge on any atom is -0.336 e. The van der Waals surface area contributed by atoms with E-state index in [1.165, 1.54) is 0 Å². The lowest BCUT2D eigenvalue weighted by atomic mass is 10.1. The molecule has 6 heteroatoms. The summed E-state index contributed by atoms with van der Waals surface area (Å²) in [6.45, 7) is 4.07. The maximum Gasteiger partial charge on any atom is 0.241 e. The molecule has 2 rings (SSSR count). The van der Waals surface area contributed by atoms with Crippen molar-refractivity contribution < 1.29 is 13.2 Å². The molecule has 98 valence electrons. The summed E-state index contributed by atoms with van der Waals surface area (Å²) in [5, 5.41) is 2.33. The standard InChI is InChI=1S/C11H20N2O3S/c1-2-13(9-7-12-8-9)11(14)10-5-3-4-6-17(10,15)16/h9-10,12H,2-8H2,1H3. The molecule has 0 spiro atoms. The maximum atomic E-state index is 12.3. The first kappa shape index (κ1) is 12.8. The highest BCUT2D eigenvalue weighted by Crippen LogP contribution is 2.22. The molecule has 2 aliphatic heterocycles. The van der Waals surface area contributed by atoms with Crippen molar-refractivity contribution in [2.24, 2.45) is 0 Å². The van der Waals surface area contributed by atoms with Gasteiger partial charge in [-0.05, 0) is 19.8 Å². The average Bonchev–Trinajstić information content (AvgIpc) is 2.21. The van der Waals surface area contributed by atoms with E-state index in [0.717, 1.165) is 19.5 Å². The Hall–Kier alpha value is -0.620. The van der Waals surface area contributed by atoms with Crippen molar-refractivity contribution in [1.29, 1.82) is 0 Å². The predicted octanol–water partition coefficient (Wildman–Crippen LogP) is -0.226. The number of carbonyl (C=O) groups is 1. The van der Waals surface area contributed by atoms with Gasteiger partial charge in [0.1, 0.15) is 5.25 Å². The van der Waals surface area contributed by atoms with Gasteiger partial charge in [-0.2, -0.15) is 0 Å². The van der Waals surface area contributed by atoms with Crippen LogP contribution in [0.15, 0.2) is 0 Å². The van der Waals surface area contributed by atoms with E-state index < -0.39 is 15.1 Å². The topological polar surface area (TPSA) is 66.5 Å². The molecule has 0 aromatic rings. The molecule has 0 radical (unpaired) electrons. The van der Waals surface area contributed by atoms with Gasteiger partial charge in [-0.15, -0.1) is 0 Å². The second-order valence-electron chi connectivity index (χ2n) is 4.79. The van der Waals surface area contributed by atoms with E-state index in [9.17, 15) is 13.2 Å². The van der Waals surface area contributed by atoms with E-state index in [2.05, 4.69) is 5.32 Å². The van der Waals surface area contributed by atoms with Crippen LogP contribution in [0.25, 0.3) is 0 Å². The van der Waals surface area contributed by atoms with Gasteiger partial charge < -0.3 is 10.2 Å². The second-order valence-corrected chi connectivity index (χ2v) is 7.09. The van der Waals surface area contributed by atoms with Crippen LogP contribution in [0.4, 0.5) is 0 Å². The smallest absolute Gasteiger partial charge is 0.241 e. The quantitative estimate of drug-likeness (QED) is 0.761. The minimum atomic E-state index is -3.21. The molecule has 2 saturated heterocycles. The molecular formula is C11H20N2O3S. The largest absolute Gasteiger partial charge is 0.336 e. The van der Waals surface area contributed by atoms with Crippen molar-refractivity contribution in [1.82, 2.24) is 10.2 Å². The first-order chi connectivity index (χ1) is 8.06. The summed E-state index contributed by atoms with van der Waals surface area (Å²) in [5.41, 5.74) is 0. The Morgan fingerprint density at radius 1 is 1.35 bits per heavy atom. The van der Waals surface area contributed by atoms with Crippen LogP contribution >= 0.6 is 0 Å². The molecule has 0 aromatic carbocycles. The van der Waals surface area contributed by atoms with Gasteiger partial charge in [0.05, 0.1) is 11.8 Å². The van der Waals surface area contributed by atoms with Crippen LogP contribution in [0, 0.1) is 0 Å². The summed E-state index contributed by atoms with van der Waals surface area (Å²) in [6, 6.07) is 0.185. The third-order valence-corrected chi connectivity index (χ3v) is 5.84. The van der Waals surface area contributed by atoms with Crippen LogP contribution < -0.4 is 5.32 Å². The zero-order valence-electron chi connectivity index (χ0n) is 10.2. The highest BCUT2D eigenvalue weighted by atomic mass is 32.2. The highest BCUT2D eigenvalue weighted by Gasteiger charge is 2.39. The zero-order chi connectivity index (χ0) is 12.5. The first-order valence-corrected chi connectivity index (χ1v) is 8.00. The summed E-state index contributed by atoms with van der Waals surface area (Å²) in [7, 11) is -3.21. The lowest BCUT2D eigenvalue weighted by Crippen LogP contribution is -2.61. The second kappa shape index (κ2) is 4.94. The van der Waals surface area contributed by atoms with Crippen LogP contribution in [-0.4, -0.2) is 55.9 Å². The first-order valence-electron chi connectivity index (χ1n) is 6.29. The minimum absolute atomic E-state index is 0.171. The Balaban J connectivity index is 2.11. The Morgan fingerprint density at radius 3 is 2.53 bits per heavy atom. The van der Waals surface area contributed by atoms with Gasteiger partial charge >= 0.3 is 0 Å². The van der Waals surface area contributed by atoms with Crippen molar-refractivity contribution in [3.63, 3.8) is 0 Å². The van der Waals surface area contributed by atoms with E-state index >= 15 is 0 Å². The van der Waals surface area contributed by atoms with E-state index in [-0.39, 0.29) is 17.7 Å². The number of hydrogen-bond donors (Lipinski definition) is 1. The molecule has 0 aromatic heterocycles. The van der Waals surface area contributed by atoms with Crippen LogP contribution in [0.3, 0.4) is 0 Å². The van der Waals surface area contributed by atoms with Gasteiger partial charge in [0.2, 0.25) is 5.91 Å². The molecule has 5 nitrogen and oxygen atoms in total. The number of amides is 1. The number of sulfone groups is 1. The SMILES string of the molecule is CCN(C(=O)C1CCCCS1(=O)=O)C1CNC1. The molecule has 2 aliphatic rings. The molecule has 2 heterocycles. The van der Waals surface area contributed by atoms with E-state index in [4.69, 9.17) is 0 Å². The third-order valence-electron chi connectivity index (χ3n) is 3.68. The van der Waals surface area contributed by atoms with Gasteiger partial charge in [-0.3, -0.25) is 4.79 Å². The molecule has 1 unspecified atom stereocenters. The molecular weight excluding hydrogens is 240 g/mol. The Bertz CT molecular complexity index is 390. The number of carbonyl (C=O) groups excluding carboxylic acids is 1. The average molecular weight is 260 g/mol. The van der Waals surface area contributed by atoms with E-state index in [1.54, 1.807) is 4.90 Å². The van der Waals surface area contributed by atoms with Crippen LogP contribution in [-0.2, 0) is 14.6 Å². The van der Waals surface area contributed by atoms with E-state index in [0.29, 0.717) is 19.4 Å². The third kappa shape index (κ3) is 2.47. The Labute approximate surface area is 102 Å².